The summed E-state index contributed by atoms with van der Waals surface area (Å²) in [7, 11) is 0. The normalized spacial score (nSPS) is 10.5. The van der Waals surface area contributed by atoms with Gasteiger partial charge in [0.1, 0.15) is 0 Å². The maximum Gasteiger partial charge on any atom is 0.269 e. The zero-order chi connectivity index (χ0) is 14.8. The van der Waals surface area contributed by atoms with E-state index in [2.05, 4.69) is 14.7 Å². The molecule has 0 amide bonds. The molecule has 0 unspecified atom stereocenters. The van der Waals surface area contributed by atoms with Gasteiger partial charge in [0, 0.05) is 34.2 Å². The summed E-state index contributed by atoms with van der Waals surface area (Å²) in [4.78, 5) is 16.8. The maximum absolute atomic E-state index is 10.6. The SMILES string of the molecule is Cc1ccc(-c2nsc(Nc3ccc([N+](=O)[O-])cc3)n2)s1. The number of rotatable bonds is 4. The molecule has 1 N–H and O–H groups in total. The predicted octanol–water partition coefficient (Wildman–Crippen LogP) is 4.23. The molecule has 0 aliphatic carbocycles. The van der Waals surface area contributed by atoms with Crippen LogP contribution in [0.1, 0.15) is 4.88 Å². The fourth-order valence-electron chi connectivity index (χ4n) is 1.72. The average Bonchev–Trinajstić information content (AvgIpc) is 3.08. The quantitative estimate of drug-likeness (QED) is 0.575. The molecule has 3 rings (SSSR count). The molecule has 21 heavy (non-hydrogen) atoms. The Hall–Kier alpha value is -2.32. The van der Waals surface area contributed by atoms with Crippen LogP contribution in [-0.2, 0) is 0 Å². The highest BCUT2D eigenvalue weighted by Gasteiger charge is 2.09. The Morgan fingerprint density at radius 1 is 1.19 bits per heavy atom. The average molecular weight is 318 g/mol. The third-order valence-corrected chi connectivity index (χ3v) is 4.34. The second kappa shape index (κ2) is 5.58. The van der Waals surface area contributed by atoms with Gasteiger partial charge in [0.2, 0.25) is 5.13 Å². The third kappa shape index (κ3) is 3.06. The minimum absolute atomic E-state index is 0.0626. The second-order valence-electron chi connectivity index (χ2n) is 4.26. The van der Waals surface area contributed by atoms with Crippen LogP contribution < -0.4 is 5.32 Å². The van der Waals surface area contributed by atoms with Crippen LogP contribution in [0.2, 0.25) is 0 Å². The number of aryl methyl sites for hydroxylation is 1. The van der Waals surface area contributed by atoms with E-state index >= 15 is 0 Å². The van der Waals surface area contributed by atoms with Crippen molar-refractivity contribution in [1.29, 1.82) is 0 Å². The number of benzene rings is 1. The molecule has 0 spiro atoms. The largest absolute Gasteiger partial charge is 0.330 e. The van der Waals surface area contributed by atoms with Gasteiger partial charge in [-0.2, -0.15) is 9.36 Å². The van der Waals surface area contributed by atoms with Crippen molar-refractivity contribution in [2.24, 2.45) is 0 Å². The number of nitro groups is 1. The first-order valence-electron chi connectivity index (χ1n) is 6.04. The predicted molar refractivity (Wildman–Crippen MR) is 84.3 cm³/mol. The van der Waals surface area contributed by atoms with E-state index in [0.717, 1.165) is 10.6 Å². The molecule has 0 aliphatic rings. The number of nitro benzene ring substituents is 1. The monoisotopic (exact) mass is 318 g/mol. The molecule has 2 aromatic heterocycles. The van der Waals surface area contributed by atoms with Crippen molar-refractivity contribution in [2.45, 2.75) is 6.92 Å². The lowest BCUT2D eigenvalue weighted by Gasteiger charge is -2.00. The first-order chi connectivity index (χ1) is 10.1. The van der Waals surface area contributed by atoms with Gasteiger partial charge < -0.3 is 5.32 Å². The Balaban J connectivity index is 1.76. The van der Waals surface area contributed by atoms with Gasteiger partial charge in [-0.1, -0.05) is 0 Å². The molecule has 106 valence electrons. The second-order valence-corrected chi connectivity index (χ2v) is 6.30. The minimum Gasteiger partial charge on any atom is -0.330 e. The number of aromatic nitrogens is 2. The lowest BCUT2D eigenvalue weighted by molar-refractivity contribution is -0.384. The number of anilines is 2. The molecule has 0 saturated carbocycles. The lowest BCUT2D eigenvalue weighted by Crippen LogP contribution is -1.91. The van der Waals surface area contributed by atoms with Crippen LogP contribution in [0, 0.1) is 17.0 Å². The Bertz CT molecular complexity index is 780. The van der Waals surface area contributed by atoms with Crippen LogP contribution in [0.4, 0.5) is 16.5 Å². The van der Waals surface area contributed by atoms with E-state index in [1.54, 1.807) is 23.5 Å². The molecule has 8 heteroatoms. The Kier molecular flexibility index (Phi) is 3.63. The molecule has 1 aromatic carbocycles. The van der Waals surface area contributed by atoms with Crippen molar-refractivity contribution in [2.75, 3.05) is 5.32 Å². The topological polar surface area (TPSA) is 81.0 Å². The number of thiophene rings is 1. The standard InChI is InChI=1S/C13H10N4O2S2/c1-8-2-7-11(20-8)12-15-13(21-16-12)14-9-3-5-10(6-4-9)17(18)19/h2-7H,1H3,(H,14,15,16). The Morgan fingerprint density at radius 2 is 1.95 bits per heavy atom. The summed E-state index contributed by atoms with van der Waals surface area (Å²) in [6.07, 6.45) is 0. The van der Waals surface area contributed by atoms with E-state index in [9.17, 15) is 10.1 Å². The summed E-state index contributed by atoms with van der Waals surface area (Å²) in [6, 6.07) is 10.2. The molecule has 3 aromatic rings. The summed E-state index contributed by atoms with van der Waals surface area (Å²) >= 11 is 2.90. The fourth-order valence-corrected chi connectivity index (χ4v) is 3.18. The highest BCUT2D eigenvalue weighted by Crippen LogP contribution is 2.29. The molecule has 6 nitrogen and oxygen atoms in total. The van der Waals surface area contributed by atoms with Crippen LogP contribution in [0.5, 0.6) is 0 Å². The maximum atomic E-state index is 10.6. The zero-order valence-corrected chi connectivity index (χ0v) is 12.6. The summed E-state index contributed by atoms with van der Waals surface area (Å²) in [6.45, 7) is 2.04. The molecule has 0 radical (unpaired) electrons. The highest BCUT2D eigenvalue weighted by atomic mass is 32.1. The van der Waals surface area contributed by atoms with Crippen molar-refractivity contribution in [3.05, 3.63) is 51.4 Å². The number of nitrogens with zero attached hydrogens (tertiary/aromatic N) is 3. The van der Waals surface area contributed by atoms with Crippen LogP contribution in [-0.4, -0.2) is 14.3 Å². The molecule has 0 bridgehead atoms. The summed E-state index contributed by atoms with van der Waals surface area (Å²) in [5.74, 6) is 0.697. The Morgan fingerprint density at radius 3 is 2.57 bits per heavy atom. The van der Waals surface area contributed by atoms with Gasteiger partial charge in [0.05, 0.1) is 9.80 Å². The smallest absolute Gasteiger partial charge is 0.269 e. The molecular weight excluding hydrogens is 308 g/mol. The summed E-state index contributed by atoms with van der Waals surface area (Å²) in [5.41, 5.74) is 0.804. The van der Waals surface area contributed by atoms with Crippen LogP contribution in [0.25, 0.3) is 10.7 Å². The number of hydrogen-bond donors (Lipinski definition) is 1. The van der Waals surface area contributed by atoms with Crippen molar-refractivity contribution in [1.82, 2.24) is 9.36 Å². The van der Waals surface area contributed by atoms with Crippen molar-refractivity contribution in [3.8, 4) is 10.7 Å². The molecule has 0 aliphatic heterocycles. The van der Waals surface area contributed by atoms with Gasteiger partial charge in [0.25, 0.3) is 5.69 Å². The number of nitrogens with one attached hydrogen (secondary N) is 1. The lowest BCUT2D eigenvalue weighted by atomic mass is 10.3. The van der Waals surface area contributed by atoms with Crippen LogP contribution >= 0.6 is 22.9 Å². The minimum atomic E-state index is -0.425. The fraction of sp³-hybridized carbons (Fsp3) is 0.0769. The molecule has 0 saturated heterocycles. The van der Waals surface area contributed by atoms with Gasteiger partial charge in [0.15, 0.2) is 5.82 Å². The van der Waals surface area contributed by atoms with E-state index in [-0.39, 0.29) is 5.69 Å². The van der Waals surface area contributed by atoms with Gasteiger partial charge in [-0.15, -0.1) is 11.3 Å². The van der Waals surface area contributed by atoms with E-state index in [4.69, 9.17) is 0 Å². The first-order valence-corrected chi connectivity index (χ1v) is 7.63. The van der Waals surface area contributed by atoms with Crippen molar-refractivity contribution in [3.63, 3.8) is 0 Å². The number of non-ortho nitro benzene ring substituents is 1. The van der Waals surface area contributed by atoms with Crippen molar-refractivity contribution < 1.29 is 4.92 Å². The van der Waals surface area contributed by atoms with E-state index in [1.807, 2.05) is 19.1 Å². The Labute approximate surface area is 128 Å². The number of hydrogen-bond acceptors (Lipinski definition) is 7. The first kappa shape index (κ1) is 13.7. The molecule has 0 atom stereocenters. The van der Waals surface area contributed by atoms with Gasteiger partial charge in [-0.05, 0) is 31.2 Å². The van der Waals surface area contributed by atoms with Gasteiger partial charge in [-0.3, -0.25) is 10.1 Å². The van der Waals surface area contributed by atoms with Crippen LogP contribution in [0.3, 0.4) is 0 Å². The van der Waals surface area contributed by atoms with Gasteiger partial charge >= 0.3 is 0 Å². The highest BCUT2D eigenvalue weighted by molar-refractivity contribution is 7.15. The molecule has 2 heterocycles. The molecular formula is C13H10N4O2S2. The van der Waals surface area contributed by atoms with E-state index < -0.39 is 4.92 Å². The third-order valence-electron chi connectivity index (χ3n) is 2.72. The van der Waals surface area contributed by atoms with Crippen LogP contribution in [0.15, 0.2) is 36.4 Å². The van der Waals surface area contributed by atoms with E-state index in [1.165, 1.54) is 28.5 Å². The summed E-state index contributed by atoms with van der Waals surface area (Å²) < 4.78 is 4.31. The zero-order valence-electron chi connectivity index (χ0n) is 10.9. The van der Waals surface area contributed by atoms with Gasteiger partial charge in [-0.25, -0.2) is 0 Å². The van der Waals surface area contributed by atoms with E-state index in [0.29, 0.717) is 11.0 Å². The molecule has 0 fully saturated rings. The summed E-state index contributed by atoms with van der Waals surface area (Å²) in [5, 5.41) is 14.4. The van der Waals surface area contributed by atoms with Crippen molar-refractivity contribution >= 4 is 39.4 Å².